The van der Waals surface area contributed by atoms with Crippen LogP contribution in [0.2, 0.25) is 0 Å². The molecular weight excluding hydrogens is 490 g/mol. The molecule has 0 atom stereocenters. The van der Waals surface area contributed by atoms with Gasteiger partial charge in [-0.2, -0.15) is 13.2 Å². The zero-order chi connectivity index (χ0) is 20.0. The van der Waals surface area contributed by atoms with Gasteiger partial charge in [-0.25, -0.2) is 4.99 Å². The number of hydrogen-bond acceptors (Lipinski definition) is 4. The normalized spacial score (nSPS) is 11.7. The SMILES string of the molecule is CCNC(=NCc1ccc(OCC(F)(F)F)cc1)NCCCOCCOC.I. The van der Waals surface area contributed by atoms with E-state index >= 15 is 0 Å². The highest BCUT2D eigenvalue weighted by molar-refractivity contribution is 14.0. The van der Waals surface area contributed by atoms with E-state index in [9.17, 15) is 13.2 Å². The van der Waals surface area contributed by atoms with Crippen LogP contribution in [-0.2, 0) is 16.0 Å². The Labute approximate surface area is 181 Å². The summed E-state index contributed by atoms with van der Waals surface area (Å²) in [7, 11) is 1.63. The molecule has 0 amide bonds. The number of alkyl halides is 3. The van der Waals surface area contributed by atoms with Crippen molar-refractivity contribution in [2.75, 3.05) is 46.6 Å². The summed E-state index contributed by atoms with van der Waals surface area (Å²) in [6.07, 6.45) is -3.51. The first-order valence-electron chi connectivity index (χ1n) is 8.82. The zero-order valence-corrected chi connectivity index (χ0v) is 18.5. The van der Waals surface area contributed by atoms with E-state index in [-0.39, 0.29) is 29.7 Å². The Morgan fingerprint density at radius 2 is 1.79 bits per heavy atom. The molecule has 0 spiro atoms. The van der Waals surface area contributed by atoms with Crippen LogP contribution >= 0.6 is 24.0 Å². The van der Waals surface area contributed by atoms with Gasteiger partial charge in [0.05, 0.1) is 19.8 Å². The zero-order valence-electron chi connectivity index (χ0n) is 16.2. The molecule has 0 bridgehead atoms. The van der Waals surface area contributed by atoms with Crippen molar-refractivity contribution in [3.8, 4) is 5.75 Å². The number of hydrogen-bond donors (Lipinski definition) is 2. The maximum atomic E-state index is 12.1. The fraction of sp³-hybridized carbons (Fsp3) is 0.611. The van der Waals surface area contributed by atoms with Crippen LogP contribution in [0.1, 0.15) is 18.9 Å². The standard InChI is InChI=1S/C18H28F3N3O3.HI/c1-3-22-17(23-9-4-10-26-12-11-25-2)24-13-15-5-7-16(8-6-15)27-14-18(19,20)21;/h5-8H,3-4,9-14H2,1-2H3,(H2,22,23,24);1H. The molecule has 0 radical (unpaired) electrons. The van der Waals surface area contributed by atoms with Crippen LogP contribution in [-0.4, -0.2) is 58.8 Å². The van der Waals surface area contributed by atoms with Gasteiger partial charge in [-0.1, -0.05) is 12.1 Å². The minimum absolute atomic E-state index is 0. The Morgan fingerprint density at radius 3 is 2.39 bits per heavy atom. The molecule has 0 unspecified atom stereocenters. The van der Waals surface area contributed by atoms with Gasteiger partial charge in [-0.15, -0.1) is 24.0 Å². The number of rotatable bonds is 12. The van der Waals surface area contributed by atoms with Gasteiger partial charge in [-0.3, -0.25) is 0 Å². The van der Waals surface area contributed by atoms with E-state index in [0.717, 1.165) is 18.5 Å². The number of guanidine groups is 1. The van der Waals surface area contributed by atoms with Gasteiger partial charge in [-0.05, 0) is 31.0 Å². The second-order valence-electron chi connectivity index (χ2n) is 5.63. The van der Waals surface area contributed by atoms with Gasteiger partial charge in [0.1, 0.15) is 5.75 Å². The minimum atomic E-state index is -4.34. The molecule has 0 fully saturated rings. The van der Waals surface area contributed by atoms with Crippen molar-refractivity contribution in [1.29, 1.82) is 0 Å². The molecule has 10 heteroatoms. The molecule has 0 aliphatic carbocycles. The number of halogens is 4. The third-order valence-electron chi connectivity index (χ3n) is 3.28. The van der Waals surface area contributed by atoms with Crippen LogP contribution in [0.3, 0.4) is 0 Å². The monoisotopic (exact) mass is 519 g/mol. The summed E-state index contributed by atoms with van der Waals surface area (Å²) in [6.45, 7) is 4.30. The second-order valence-corrected chi connectivity index (χ2v) is 5.63. The average Bonchev–Trinajstić information content (AvgIpc) is 2.64. The van der Waals surface area contributed by atoms with Gasteiger partial charge in [0, 0.05) is 26.8 Å². The van der Waals surface area contributed by atoms with E-state index in [0.29, 0.717) is 38.9 Å². The van der Waals surface area contributed by atoms with E-state index < -0.39 is 12.8 Å². The van der Waals surface area contributed by atoms with Crippen LogP contribution in [0.15, 0.2) is 29.3 Å². The lowest BCUT2D eigenvalue weighted by atomic mass is 10.2. The molecule has 6 nitrogen and oxygen atoms in total. The van der Waals surface area contributed by atoms with E-state index in [1.54, 1.807) is 19.2 Å². The fourth-order valence-electron chi connectivity index (χ4n) is 1.99. The van der Waals surface area contributed by atoms with Gasteiger partial charge < -0.3 is 24.8 Å². The van der Waals surface area contributed by atoms with E-state index in [2.05, 4.69) is 20.4 Å². The van der Waals surface area contributed by atoms with Gasteiger partial charge in [0.15, 0.2) is 12.6 Å². The number of methoxy groups -OCH3 is 1. The highest BCUT2D eigenvalue weighted by Gasteiger charge is 2.28. The molecule has 28 heavy (non-hydrogen) atoms. The van der Waals surface area contributed by atoms with Crippen LogP contribution in [0, 0.1) is 0 Å². The molecule has 0 saturated carbocycles. The van der Waals surface area contributed by atoms with Crippen LogP contribution < -0.4 is 15.4 Å². The molecule has 1 rings (SSSR count). The Balaban J connectivity index is 0.00000729. The lowest BCUT2D eigenvalue weighted by Crippen LogP contribution is -2.38. The predicted molar refractivity (Wildman–Crippen MR) is 114 cm³/mol. The van der Waals surface area contributed by atoms with E-state index in [1.807, 2.05) is 6.92 Å². The molecule has 0 aliphatic rings. The average molecular weight is 519 g/mol. The van der Waals surface area contributed by atoms with Crippen molar-refractivity contribution in [3.05, 3.63) is 29.8 Å². The molecular formula is C18H29F3IN3O3. The van der Waals surface area contributed by atoms with Crippen LogP contribution in [0.5, 0.6) is 5.75 Å². The second kappa shape index (κ2) is 15.6. The molecule has 2 N–H and O–H groups in total. The van der Waals surface area contributed by atoms with Crippen molar-refractivity contribution >= 4 is 29.9 Å². The molecule has 0 aliphatic heterocycles. The molecule has 1 aromatic rings. The first kappa shape index (κ1) is 26.7. The Hall–Kier alpha value is -1.27. The van der Waals surface area contributed by atoms with Crippen LogP contribution in [0.4, 0.5) is 13.2 Å². The van der Waals surface area contributed by atoms with E-state index in [1.165, 1.54) is 12.1 Å². The number of nitrogens with one attached hydrogen (secondary N) is 2. The summed E-state index contributed by atoms with van der Waals surface area (Å²) < 4.78 is 51.4. The maximum Gasteiger partial charge on any atom is 0.422 e. The van der Waals surface area contributed by atoms with Crippen molar-refractivity contribution < 1.29 is 27.4 Å². The van der Waals surface area contributed by atoms with Crippen molar-refractivity contribution in [1.82, 2.24) is 10.6 Å². The smallest absolute Gasteiger partial charge is 0.422 e. The first-order valence-corrected chi connectivity index (χ1v) is 8.82. The van der Waals surface area contributed by atoms with Gasteiger partial charge in [0.2, 0.25) is 0 Å². The van der Waals surface area contributed by atoms with Crippen molar-refractivity contribution in [2.45, 2.75) is 26.1 Å². The molecule has 1 aromatic carbocycles. The highest BCUT2D eigenvalue weighted by atomic mass is 127. The van der Waals surface area contributed by atoms with Crippen molar-refractivity contribution in [3.63, 3.8) is 0 Å². The summed E-state index contributed by atoms with van der Waals surface area (Å²) in [6, 6.07) is 6.41. The fourth-order valence-corrected chi connectivity index (χ4v) is 1.99. The summed E-state index contributed by atoms with van der Waals surface area (Å²) in [5.74, 6) is 0.852. The molecule has 0 heterocycles. The first-order chi connectivity index (χ1) is 12.9. The molecule has 162 valence electrons. The Morgan fingerprint density at radius 1 is 1.07 bits per heavy atom. The third-order valence-corrected chi connectivity index (χ3v) is 3.28. The summed E-state index contributed by atoms with van der Waals surface area (Å²) in [5, 5.41) is 6.35. The van der Waals surface area contributed by atoms with E-state index in [4.69, 9.17) is 9.47 Å². The quantitative estimate of drug-likeness (QED) is 0.192. The Bertz CT molecular complexity index is 543. The van der Waals surface area contributed by atoms with Crippen molar-refractivity contribution in [2.24, 2.45) is 4.99 Å². The number of aliphatic imine (C=N–C) groups is 1. The van der Waals surface area contributed by atoms with Gasteiger partial charge in [0.25, 0.3) is 0 Å². The molecule has 0 aromatic heterocycles. The lowest BCUT2D eigenvalue weighted by Gasteiger charge is -2.12. The maximum absolute atomic E-state index is 12.1. The van der Waals surface area contributed by atoms with Gasteiger partial charge >= 0.3 is 6.18 Å². The third kappa shape index (κ3) is 13.8. The highest BCUT2D eigenvalue weighted by Crippen LogP contribution is 2.19. The predicted octanol–water partition coefficient (Wildman–Crippen LogP) is 3.35. The van der Waals surface area contributed by atoms with Crippen LogP contribution in [0.25, 0.3) is 0 Å². The minimum Gasteiger partial charge on any atom is -0.484 e. The summed E-state index contributed by atoms with van der Waals surface area (Å²) >= 11 is 0. The topological polar surface area (TPSA) is 64.1 Å². The lowest BCUT2D eigenvalue weighted by molar-refractivity contribution is -0.153. The molecule has 0 saturated heterocycles. The Kier molecular flexibility index (Phi) is 14.9. The number of benzene rings is 1. The number of nitrogens with zero attached hydrogens (tertiary/aromatic N) is 1. The number of ether oxygens (including phenoxy) is 3. The summed E-state index contributed by atoms with van der Waals surface area (Å²) in [5.41, 5.74) is 0.870. The largest absolute Gasteiger partial charge is 0.484 e. The summed E-state index contributed by atoms with van der Waals surface area (Å²) in [4.78, 5) is 4.46.